The van der Waals surface area contributed by atoms with Crippen LogP contribution in [0.3, 0.4) is 0 Å². The lowest BCUT2D eigenvalue weighted by atomic mass is 9.98. The topological polar surface area (TPSA) is 66.9 Å². The highest BCUT2D eigenvalue weighted by Gasteiger charge is 2.37. The van der Waals surface area contributed by atoms with E-state index in [1.54, 1.807) is 53.1 Å². The third-order valence-corrected chi connectivity index (χ3v) is 6.51. The van der Waals surface area contributed by atoms with Crippen LogP contribution in [0.25, 0.3) is 0 Å². The van der Waals surface area contributed by atoms with Crippen molar-refractivity contribution in [3.63, 3.8) is 0 Å². The summed E-state index contributed by atoms with van der Waals surface area (Å²) in [4.78, 5) is 42.7. The summed E-state index contributed by atoms with van der Waals surface area (Å²) in [6, 6.07) is 19.5. The molecule has 3 aromatic carbocycles. The van der Waals surface area contributed by atoms with Gasteiger partial charge in [0, 0.05) is 23.2 Å². The zero-order valence-corrected chi connectivity index (χ0v) is 20.6. The molecule has 6 heteroatoms. The molecule has 35 heavy (non-hydrogen) atoms. The monoisotopic (exact) mass is 470 g/mol. The summed E-state index contributed by atoms with van der Waals surface area (Å²) in [5.74, 6) is -0.259. The Labute approximate surface area is 206 Å². The average Bonchev–Trinajstić information content (AvgIpc) is 2.88. The Bertz CT molecular complexity index is 1250. The minimum atomic E-state index is -0.403. The predicted molar refractivity (Wildman–Crippen MR) is 137 cm³/mol. The van der Waals surface area contributed by atoms with Crippen LogP contribution in [0.2, 0.25) is 0 Å². The SMILES string of the molecule is CCOC(=O)N1c2cc(C)c(C)cc2N(C(=O)c2ccc(C(=O)c3ccccc3)cc2)CC1CC. The highest BCUT2D eigenvalue weighted by molar-refractivity contribution is 6.12. The molecule has 180 valence electrons. The normalized spacial score (nSPS) is 14.9. The van der Waals surface area contributed by atoms with E-state index in [2.05, 4.69) is 0 Å². The largest absolute Gasteiger partial charge is 0.449 e. The van der Waals surface area contributed by atoms with Crippen LogP contribution < -0.4 is 9.80 Å². The molecular weight excluding hydrogens is 440 g/mol. The minimum absolute atomic E-state index is 0.0878. The van der Waals surface area contributed by atoms with E-state index < -0.39 is 6.09 Å². The van der Waals surface area contributed by atoms with Crippen LogP contribution in [0.1, 0.15) is 57.7 Å². The number of fused-ring (bicyclic) bond motifs is 1. The number of nitrogens with zero attached hydrogens (tertiary/aromatic N) is 2. The first kappa shape index (κ1) is 24.2. The van der Waals surface area contributed by atoms with E-state index >= 15 is 0 Å². The molecule has 0 saturated carbocycles. The van der Waals surface area contributed by atoms with Gasteiger partial charge in [-0.1, -0.05) is 49.4 Å². The number of ketones is 1. The maximum absolute atomic E-state index is 13.7. The fourth-order valence-electron chi connectivity index (χ4n) is 4.40. The number of hydrogen-bond donors (Lipinski definition) is 0. The summed E-state index contributed by atoms with van der Waals surface area (Å²) in [6.07, 6.45) is 0.263. The molecule has 1 aliphatic rings. The van der Waals surface area contributed by atoms with Crippen molar-refractivity contribution in [2.45, 2.75) is 40.2 Å². The van der Waals surface area contributed by atoms with Gasteiger partial charge in [-0.05, 0) is 62.6 Å². The molecule has 0 aromatic heterocycles. The standard InChI is InChI=1S/C29H30N2O4/c1-5-24-18-30(25-16-19(3)20(4)17-26(25)31(24)29(34)35-6-2)28(33)23-14-12-22(13-15-23)27(32)21-10-8-7-9-11-21/h7-17,24H,5-6,18H2,1-4H3. The molecule has 0 radical (unpaired) electrons. The molecule has 0 saturated heterocycles. The van der Waals surface area contributed by atoms with Crippen LogP contribution in [-0.2, 0) is 4.74 Å². The first-order chi connectivity index (χ1) is 16.8. The number of ether oxygens (including phenoxy) is 1. The maximum atomic E-state index is 13.7. The fourth-order valence-corrected chi connectivity index (χ4v) is 4.40. The van der Waals surface area contributed by atoms with Gasteiger partial charge < -0.3 is 9.64 Å². The first-order valence-electron chi connectivity index (χ1n) is 11.9. The van der Waals surface area contributed by atoms with Gasteiger partial charge >= 0.3 is 6.09 Å². The number of amides is 2. The van der Waals surface area contributed by atoms with Crippen molar-refractivity contribution in [1.82, 2.24) is 0 Å². The lowest BCUT2D eigenvalue weighted by molar-refractivity contribution is 0.0979. The summed E-state index contributed by atoms with van der Waals surface area (Å²) in [5, 5.41) is 0. The number of benzene rings is 3. The summed E-state index contributed by atoms with van der Waals surface area (Å²) in [6.45, 7) is 8.39. The molecule has 1 atom stereocenters. The summed E-state index contributed by atoms with van der Waals surface area (Å²) in [5.41, 5.74) is 5.04. The fraction of sp³-hybridized carbons (Fsp3) is 0.276. The number of carbonyl (C=O) groups is 3. The molecule has 0 spiro atoms. The molecule has 2 amide bonds. The lowest BCUT2D eigenvalue weighted by Gasteiger charge is -2.42. The quantitative estimate of drug-likeness (QED) is 0.433. The Morgan fingerprint density at radius 1 is 0.829 bits per heavy atom. The van der Waals surface area contributed by atoms with E-state index in [0.29, 0.717) is 41.0 Å². The molecule has 3 aromatic rings. The zero-order valence-electron chi connectivity index (χ0n) is 20.6. The van der Waals surface area contributed by atoms with E-state index in [9.17, 15) is 14.4 Å². The van der Waals surface area contributed by atoms with E-state index in [1.807, 2.05) is 51.1 Å². The Hall–Kier alpha value is -3.93. The molecular formula is C29H30N2O4. The Kier molecular flexibility index (Phi) is 7.01. The van der Waals surface area contributed by atoms with Gasteiger partial charge in [0.2, 0.25) is 0 Å². The number of rotatable bonds is 5. The van der Waals surface area contributed by atoms with Crippen LogP contribution >= 0.6 is 0 Å². The van der Waals surface area contributed by atoms with Crippen LogP contribution in [0.15, 0.2) is 66.7 Å². The molecule has 0 N–H and O–H groups in total. The molecule has 6 nitrogen and oxygen atoms in total. The van der Waals surface area contributed by atoms with Gasteiger partial charge in [-0.2, -0.15) is 0 Å². The Balaban J connectivity index is 1.69. The Morgan fingerprint density at radius 2 is 1.40 bits per heavy atom. The number of aryl methyl sites for hydroxylation is 2. The molecule has 0 bridgehead atoms. The third-order valence-electron chi connectivity index (χ3n) is 6.51. The highest BCUT2D eigenvalue weighted by atomic mass is 16.6. The Morgan fingerprint density at radius 3 is 2.00 bits per heavy atom. The van der Waals surface area contributed by atoms with Crippen molar-refractivity contribution in [2.24, 2.45) is 0 Å². The smallest absolute Gasteiger partial charge is 0.414 e. The van der Waals surface area contributed by atoms with Crippen LogP contribution in [0.4, 0.5) is 16.2 Å². The van der Waals surface area contributed by atoms with Crippen molar-refractivity contribution < 1.29 is 19.1 Å². The third kappa shape index (κ3) is 4.69. The van der Waals surface area contributed by atoms with Crippen molar-refractivity contribution in [1.29, 1.82) is 0 Å². The van der Waals surface area contributed by atoms with E-state index in [4.69, 9.17) is 4.74 Å². The average molecular weight is 471 g/mol. The second-order valence-electron chi connectivity index (χ2n) is 8.74. The van der Waals surface area contributed by atoms with Gasteiger partial charge in [0.05, 0.1) is 24.0 Å². The highest BCUT2D eigenvalue weighted by Crippen LogP contribution is 2.39. The number of anilines is 2. The summed E-state index contributed by atoms with van der Waals surface area (Å²) < 4.78 is 5.34. The van der Waals surface area contributed by atoms with Crippen LogP contribution in [0, 0.1) is 13.8 Å². The molecule has 1 aliphatic heterocycles. The van der Waals surface area contributed by atoms with Gasteiger partial charge in [-0.3, -0.25) is 14.5 Å². The van der Waals surface area contributed by atoms with Crippen molar-refractivity contribution >= 4 is 29.2 Å². The first-order valence-corrected chi connectivity index (χ1v) is 11.9. The zero-order chi connectivity index (χ0) is 25.1. The van der Waals surface area contributed by atoms with E-state index in [-0.39, 0.29) is 24.3 Å². The molecule has 4 rings (SSSR count). The second-order valence-corrected chi connectivity index (χ2v) is 8.74. The van der Waals surface area contributed by atoms with Gasteiger partial charge in [0.15, 0.2) is 5.78 Å². The predicted octanol–water partition coefficient (Wildman–Crippen LogP) is 5.94. The number of hydrogen-bond acceptors (Lipinski definition) is 4. The second kappa shape index (κ2) is 10.1. The molecule has 1 unspecified atom stereocenters. The van der Waals surface area contributed by atoms with Crippen molar-refractivity contribution in [3.8, 4) is 0 Å². The van der Waals surface area contributed by atoms with E-state index in [0.717, 1.165) is 11.1 Å². The van der Waals surface area contributed by atoms with Crippen LogP contribution in [-0.4, -0.2) is 37.0 Å². The van der Waals surface area contributed by atoms with E-state index in [1.165, 1.54) is 0 Å². The van der Waals surface area contributed by atoms with Gasteiger partial charge in [-0.25, -0.2) is 4.79 Å². The molecule has 1 heterocycles. The molecule has 0 aliphatic carbocycles. The van der Waals surface area contributed by atoms with Crippen molar-refractivity contribution in [3.05, 3.63) is 94.5 Å². The van der Waals surface area contributed by atoms with Gasteiger partial charge in [-0.15, -0.1) is 0 Å². The summed E-state index contributed by atoms with van der Waals surface area (Å²) >= 11 is 0. The maximum Gasteiger partial charge on any atom is 0.414 e. The number of carbonyl (C=O) groups excluding carboxylic acids is 3. The van der Waals surface area contributed by atoms with Crippen LogP contribution in [0.5, 0.6) is 0 Å². The van der Waals surface area contributed by atoms with Gasteiger partial charge in [0.25, 0.3) is 5.91 Å². The summed E-state index contributed by atoms with van der Waals surface area (Å²) in [7, 11) is 0. The lowest BCUT2D eigenvalue weighted by Crippen LogP contribution is -2.53. The van der Waals surface area contributed by atoms with Gasteiger partial charge in [0.1, 0.15) is 0 Å². The molecule has 0 fully saturated rings. The van der Waals surface area contributed by atoms with Crippen molar-refractivity contribution in [2.75, 3.05) is 23.0 Å². The minimum Gasteiger partial charge on any atom is -0.449 e.